The number of esters is 1. The van der Waals surface area contributed by atoms with Gasteiger partial charge in [0.15, 0.2) is 11.9 Å². The highest BCUT2D eigenvalue weighted by molar-refractivity contribution is 6.15. The van der Waals surface area contributed by atoms with Crippen LogP contribution in [-0.2, 0) is 9.53 Å². The Labute approximate surface area is 182 Å². The van der Waals surface area contributed by atoms with E-state index in [2.05, 4.69) is 5.32 Å². The largest absolute Gasteiger partial charge is 0.444 e. The van der Waals surface area contributed by atoms with Crippen LogP contribution >= 0.6 is 0 Å². The molecule has 1 aliphatic rings. The first-order valence-corrected chi connectivity index (χ1v) is 9.69. The van der Waals surface area contributed by atoms with E-state index in [1.165, 1.54) is 26.0 Å². The summed E-state index contributed by atoms with van der Waals surface area (Å²) in [5, 5.41) is 11.7. The molecular formula is C24H19F3N2O3. The van der Waals surface area contributed by atoms with E-state index in [4.69, 9.17) is 10.00 Å². The summed E-state index contributed by atoms with van der Waals surface area (Å²) in [6.45, 7) is 2.55. The molecule has 0 saturated carbocycles. The fourth-order valence-corrected chi connectivity index (χ4v) is 3.50. The minimum absolute atomic E-state index is 0.0378. The van der Waals surface area contributed by atoms with Gasteiger partial charge in [-0.05, 0) is 19.4 Å². The van der Waals surface area contributed by atoms with Gasteiger partial charge in [0.05, 0.1) is 11.3 Å². The van der Waals surface area contributed by atoms with Crippen LogP contribution in [0, 0.1) is 17.2 Å². The molecule has 3 rings (SSSR count). The molecule has 32 heavy (non-hydrogen) atoms. The Morgan fingerprint density at radius 1 is 1.03 bits per heavy atom. The highest BCUT2D eigenvalue weighted by atomic mass is 19.4. The Kier molecular flexibility index (Phi) is 6.49. The molecule has 5 nitrogen and oxygen atoms in total. The van der Waals surface area contributed by atoms with Crippen molar-refractivity contribution in [1.29, 1.82) is 5.26 Å². The van der Waals surface area contributed by atoms with E-state index in [-0.39, 0.29) is 17.0 Å². The van der Waals surface area contributed by atoms with Crippen LogP contribution in [0.5, 0.6) is 0 Å². The summed E-state index contributed by atoms with van der Waals surface area (Å²) < 4.78 is 48.2. The minimum Gasteiger partial charge on any atom is -0.444 e. The number of dihydropyridines is 1. The van der Waals surface area contributed by atoms with E-state index in [0.717, 1.165) is 0 Å². The number of hydrogen-bond donors (Lipinski definition) is 1. The number of carbonyl (C=O) groups is 2. The minimum atomic E-state index is -4.98. The van der Waals surface area contributed by atoms with Crippen LogP contribution in [0.2, 0.25) is 0 Å². The van der Waals surface area contributed by atoms with E-state index >= 15 is 0 Å². The number of ether oxygens (including phenoxy) is 1. The quantitative estimate of drug-likeness (QED) is 0.534. The monoisotopic (exact) mass is 440 g/mol. The van der Waals surface area contributed by atoms with Crippen LogP contribution in [0.1, 0.15) is 29.8 Å². The zero-order chi connectivity index (χ0) is 23.5. The van der Waals surface area contributed by atoms with E-state index in [0.29, 0.717) is 5.56 Å². The van der Waals surface area contributed by atoms with E-state index in [1.807, 2.05) is 0 Å². The maximum absolute atomic E-state index is 14.4. The lowest BCUT2D eigenvalue weighted by Gasteiger charge is -2.33. The highest BCUT2D eigenvalue weighted by Gasteiger charge is 2.52. The average molecular weight is 440 g/mol. The Hall–Kier alpha value is -3.86. The van der Waals surface area contributed by atoms with Crippen molar-refractivity contribution < 1.29 is 27.5 Å². The summed E-state index contributed by atoms with van der Waals surface area (Å²) in [4.78, 5) is 26.0. The average Bonchev–Trinajstić information content (AvgIpc) is 2.78. The lowest BCUT2D eigenvalue weighted by molar-refractivity contribution is -0.164. The van der Waals surface area contributed by atoms with Crippen molar-refractivity contribution in [2.24, 2.45) is 5.92 Å². The van der Waals surface area contributed by atoms with Gasteiger partial charge >= 0.3 is 12.1 Å². The fourth-order valence-electron chi connectivity index (χ4n) is 3.50. The Bertz CT molecular complexity index is 1130. The molecule has 2 aromatic carbocycles. The first-order chi connectivity index (χ1) is 15.1. The van der Waals surface area contributed by atoms with Gasteiger partial charge in [-0.2, -0.15) is 18.4 Å². The first kappa shape index (κ1) is 22.8. The summed E-state index contributed by atoms with van der Waals surface area (Å²) in [5.41, 5.74) is -1.10. The standard InChI is InChI=1S/C24H19F3N2O3/c1-14(13-28)32-23(31)18-15(2)29-21(16-9-5-3-6-10-16)19(20(18)24(25,26)27)22(30)17-11-7-4-8-12-17/h3-12,14,20,29H,1-2H3. The molecule has 1 aliphatic heterocycles. The molecular weight excluding hydrogens is 421 g/mol. The van der Waals surface area contributed by atoms with Crippen molar-refractivity contribution in [2.75, 3.05) is 0 Å². The number of ketones is 1. The molecule has 0 fully saturated rings. The molecule has 8 heteroatoms. The molecule has 164 valence electrons. The zero-order valence-electron chi connectivity index (χ0n) is 17.2. The Morgan fingerprint density at radius 2 is 1.59 bits per heavy atom. The second-order valence-corrected chi connectivity index (χ2v) is 7.16. The van der Waals surface area contributed by atoms with Crippen LogP contribution in [-0.4, -0.2) is 24.0 Å². The number of allylic oxidation sites excluding steroid dienone is 2. The van der Waals surface area contributed by atoms with Gasteiger partial charge in [0.2, 0.25) is 0 Å². The van der Waals surface area contributed by atoms with Gasteiger partial charge in [0, 0.05) is 16.8 Å². The number of nitriles is 1. The molecule has 2 atom stereocenters. The van der Waals surface area contributed by atoms with Crippen LogP contribution in [0.3, 0.4) is 0 Å². The van der Waals surface area contributed by atoms with Crippen LogP contribution < -0.4 is 5.32 Å². The number of hydrogen-bond acceptors (Lipinski definition) is 5. The predicted molar refractivity (Wildman–Crippen MR) is 111 cm³/mol. The van der Waals surface area contributed by atoms with Crippen molar-refractivity contribution in [3.8, 4) is 6.07 Å². The number of nitrogens with one attached hydrogen (secondary N) is 1. The number of halogens is 3. The Balaban J connectivity index is 2.26. The van der Waals surface area contributed by atoms with Gasteiger partial charge < -0.3 is 10.1 Å². The van der Waals surface area contributed by atoms with Crippen molar-refractivity contribution in [2.45, 2.75) is 26.1 Å². The molecule has 0 spiro atoms. The normalized spacial score (nSPS) is 17.3. The third kappa shape index (κ3) is 4.57. The number of alkyl halides is 3. The summed E-state index contributed by atoms with van der Waals surface area (Å²) in [6.07, 6.45) is -6.24. The molecule has 0 bridgehead atoms. The van der Waals surface area contributed by atoms with Crippen molar-refractivity contribution >= 4 is 17.4 Å². The van der Waals surface area contributed by atoms with Crippen LogP contribution in [0.4, 0.5) is 13.2 Å². The second kappa shape index (κ2) is 9.10. The number of Topliss-reactive ketones (excluding diaryl/α,β-unsaturated/α-hetero) is 1. The topological polar surface area (TPSA) is 79.2 Å². The van der Waals surface area contributed by atoms with Crippen molar-refractivity contribution in [3.05, 3.63) is 88.6 Å². The molecule has 1 N–H and O–H groups in total. The third-order valence-corrected chi connectivity index (χ3v) is 4.92. The maximum Gasteiger partial charge on any atom is 0.400 e. The van der Waals surface area contributed by atoms with Gasteiger partial charge in [-0.25, -0.2) is 4.79 Å². The third-order valence-electron chi connectivity index (χ3n) is 4.92. The first-order valence-electron chi connectivity index (χ1n) is 9.69. The van der Waals surface area contributed by atoms with Crippen molar-refractivity contribution in [1.82, 2.24) is 5.32 Å². The van der Waals surface area contributed by atoms with Crippen molar-refractivity contribution in [3.63, 3.8) is 0 Å². The summed E-state index contributed by atoms with van der Waals surface area (Å²) >= 11 is 0. The molecule has 0 aliphatic carbocycles. The number of nitrogens with zero attached hydrogens (tertiary/aromatic N) is 1. The van der Waals surface area contributed by atoms with Gasteiger partial charge in [-0.15, -0.1) is 0 Å². The molecule has 0 amide bonds. The second-order valence-electron chi connectivity index (χ2n) is 7.16. The summed E-state index contributed by atoms with van der Waals surface area (Å²) in [5.74, 6) is -4.72. The molecule has 0 saturated heterocycles. The predicted octanol–water partition coefficient (Wildman–Crippen LogP) is 4.79. The molecule has 0 radical (unpaired) electrons. The van der Waals surface area contributed by atoms with Gasteiger partial charge in [0.1, 0.15) is 12.0 Å². The van der Waals surface area contributed by atoms with Crippen LogP contribution in [0.25, 0.3) is 5.70 Å². The Morgan fingerprint density at radius 3 is 2.12 bits per heavy atom. The van der Waals surface area contributed by atoms with E-state index in [1.54, 1.807) is 54.6 Å². The molecule has 2 aromatic rings. The maximum atomic E-state index is 14.4. The number of carbonyl (C=O) groups excluding carboxylic acids is 2. The summed E-state index contributed by atoms with van der Waals surface area (Å²) in [6, 6.07) is 17.3. The number of benzene rings is 2. The van der Waals surface area contributed by atoms with Crippen LogP contribution in [0.15, 0.2) is 77.5 Å². The van der Waals surface area contributed by atoms with Gasteiger partial charge in [-0.1, -0.05) is 60.7 Å². The lowest BCUT2D eigenvalue weighted by Crippen LogP contribution is -2.40. The zero-order valence-corrected chi connectivity index (χ0v) is 17.2. The highest BCUT2D eigenvalue weighted by Crippen LogP contribution is 2.45. The molecule has 2 unspecified atom stereocenters. The fraction of sp³-hybridized carbons (Fsp3) is 0.208. The lowest BCUT2D eigenvalue weighted by atomic mass is 9.79. The SMILES string of the molecule is CC1=C(C(=O)OC(C)C#N)C(C(F)(F)F)C(C(=O)c2ccccc2)=C(c2ccccc2)N1. The van der Waals surface area contributed by atoms with E-state index in [9.17, 15) is 22.8 Å². The number of rotatable bonds is 5. The molecule has 0 aromatic heterocycles. The molecule has 1 heterocycles. The van der Waals surface area contributed by atoms with Gasteiger partial charge in [-0.3, -0.25) is 4.79 Å². The van der Waals surface area contributed by atoms with Gasteiger partial charge in [0.25, 0.3) is 0 Å². The summed E-state index contributed by atoms with van der Waals surface area (Å²) in [7, 11) is 0. The van der Waals surface area contributed by atoms with E-state index < -0.39 is 41.1 Å². The smallest absolute Gasteiger partial charge is 0.400 e.